The van der Waals surface area contributed by atoms with Crippen molar-refractivity contribution in [3.8, 4) is 0 Å². The van der Waals surface area contributed by atoms with E-state index in [9.17, 15) is 18.0 Å². The van der Waals surface area contributed by atoms with E-state index in [4.69, 9.17) is 4.74 Å². The number of carbonyl (C=O) groups is 1. The van der Waals surface area contributed by atoms with Gasteiger partial charge in [0.2, 0.25) is 0 Å². The van der Waals surface area contributed by atoms with E-state index in [1.807, 2.05) is 20.8 Å². The van der Waals surface area contributed by atoms with Crippen LogP contribution in [0.25, 0.3) is 0 Å². The van der Waals surface area contributed by atoms with Gasteiger partial charge in [-0.1, -0.05) is 0 Å². The molecule has 2 aliphatic heterocycles. The second-order valence-corrected chi connectivity index (χ2v) is 8.12. The van der Waals surface area contributed by atoms with E-state index in [0.29, 0.717) is 42.2 Å². The molecule has 1 aromatic heterocycles. The summed E-state index contributed by atoms with van der Waals surface area (Å²) in [5.74, 6) is -1.05. The monoisotopic (exact) mass is 386 g/mol. The van der Waals surface area contributed by atoms with Crippen molar-refractivity contribution < 1.29 is 22.7 Å². The Morgan fingerprint density at radius 1 is 1.37 bits per heavy atom. The Morgan fingerprint density at radius 3 is 2.67 bits per heavy atom. The summed E-state index contributed by atoms with van der Waals surface area (Å²) in [6, 6.07) is 1.56. The standard InChI is InChI=1S/C18H25F3N4O2/c1-16(2,3)25-15-14-11(6-12(8-23-14)18(19,20)21)7-13(24-15)17(10-26)9-22-4-5-27-17/h7,10,12,22-23H,4-6,8-9H2,1-3H3,(H,24,25). The molecule has 0 aromatic carbocycles. The third kappa shape index (κ3) is 4.19. The summed E-state index contributed by atoms with van der Waals surface area (Å²) in [6.45, 7) is 6.75. The molecule has 0 bridgehead atoms. The van der Waals surface area contributed by atoms with E-state index in [2.05, 4.69) is 20.9 Å². The Kier molecular flexibility index (Phi) is 5.11. The maximum Gasteiger partial charge on any atom is 0.393 e. The number of aldehydes is 1. The largest absolute Gasteiger partial charge is 0.393 e. The van der Waals surface area contributed by atoms with Crippen molar-refractivity contribution in [1.82, 2.24) is 10.3 Å². The molecule has 2 atom stereocenters. The molecule has 0 amide bonds. The summed E-state index contributed by atoms with van der Waals surface area (Å²) in [5.41, 5.74) is -0.302. The molecule has 1 fully saturated rings. The number of nitrogens with zero attached hydrogens (tertiary/aromatic N) is 1. The number of carbonyl (C=O) groups excluding carboxylic acids is 1. The number of pyridine rings is 1. The molecule has 3 rings (SSSR count). The average Bonchev–Trinajstić information content (AvgIpc) is 2.59. The van der Waals surface area contributed by atoms with Gasteiger partial charge in [0, 0.05) is 25.2 Å². The quantitative estimate of drug-likeness (QED) is 0.693. The van der Waals surface area contributed by atoms with Gasteiger partial charge < -0.3 is 20.7 Å². The lowest BCUT2D eigenvalue weighted by molar-refractivity contribution is -0.171. The van der Waals surface area contributed by atoms with Crippen LogP contribution in [0.1, 0.15) is 32.0 Å². The van der Waals surface area contributed by atoms with E-state index >= 15 is 0 Å². The van der Waals surface area contributed by atoms with Crippen LogP contribution < -0.4 is 16.0 Å². The van der Waals surface area contributed by atoms with Crippen LogP contribution in [0.2, 0.25) is 0 Å². The Labute approximate surface area is 156 Å². The first-order valence-electron chi connectivity index (χ1n) is 8.98. The molecule has 1 aromatic rings. The molecule has 150 valence electrons. The highest BCUT2D eigenvalue weighted by atomic mass is 19.4. The molecule has 2 aliphatic rings. The van der Waals surface area contributed by atoms with E-state index < -0.39 is 17.7 Å². The van der Waals surface area contributed by atoms with Crippen LogP contribution in [0.4, 0.5) is 24.7 Å². The number of rotatable bonds is 3. The van der Waals surface area contributed by atoms with Crippen molar-refractivity contribution in [2.24, 2.45) is 5.92 Å². The molecule has 0 spiro atoms. The second-order valence-electron chi connectivity index (χ2n) is 8.12. The van der Waals surface area contributed by atoms with Crippen LogP contribution in [-0.2, 0) is 21.6 Å². The number of alkyl halides is 3. The van der Waals surface area contributed by atoms with E-state index in [0.717, 1.165) is 0 Å². The van der Waals surface area contributed by atoms with E-state index in [1.165, 1.54) is 0 Å². The molecule has 1 saturated heterocycles. The van der Waals surface area contributed by atoms with Crippen molar-refractivity contribution in [3.05, 3.63) is 17.3 Å². The van der Waals surface area contributed by atoms with Gasteiger partial charge in [0.15, 0.2) is 17.7 Å². The van der Waals surface area contributed by atoms with E-state index in [1.54, 1.807) is 6.07 Å². The molecular weight excluding hydrogens is 361 g/mol. The van der Waals surface area contributed by atoms with Gasteiger partial charge >= 0.3 is 6.18 Å². The van der Waals surface area contributed by atoms with Crippen molar-refractivity contribution in [3.63, 3.8) is 0 Å². The Morgan fingerprint density at radius 2 is 2.11 bits per heavy atom. The molecule has 3 N–H and O–H groups in total. The number of hydrogen-bond acceptors (Lipinski definition) is 6. The average molecular weight is 386 g/mol. The molecule has 0 aliphatic carbocycles. The fourth-order valence-corrected chi connectivity index (χ4v) is 3.34. The van der Waals surface area contributed by atoms with Crippen molar-refractivity contribution >= 4 is 17.8 Å². The lowest BCUT2D eigenvalue weighted by Crippen LogP contribution is -2.49. The number of fused-ring (bicyclic) bond motifs is 1. The Hall–Kier alpha value is -1.87. The van der Waals surface area contributed by atoms with E-state index in [-0.39, 0.29) is 25.0 Å². The molecule has 3 heterocycles. The van der Waals surface area contributed by atoms with Crippen LogP contribution in [0.15, 0.2) is 6.07 Å². The van der Waals surface area contributed by atoms with Crippen LogP contribution in [0, 0.1) is 5.92 Å². The van der Waals surface area contributed by atoms with Gasteiger partial charge in [0.25, 0.3) is 0 Å². The summed E-state index contributed by atoms with van der Waals surface area (Å²) >= 11 is 0. The SMILES string of the molecule is CC(C)(C)Nc1nc(C2(C=O)CNCCO2)cc2c1NCC(C(F)(F)F)C2. The minimum atomic E-state index is -4.29. The predicted octanol–water partition coefficient (Wildman–Crippen LogP) is 2.45. The van der Waals surface area contributed by atoms with Crippen LogP contribution in [-0.4, -0.2) is 49.2 Å². The van der Waals surface area contributed by atoms with Crippen molar-refractivity contribution in [2.45, 2.75) is 44.5 Å². The van der Waals surface area contributed by atoms with Crippen LogP contribution >= 0.6 is 0 Å². The zero-order valence-electron chi connectivity index (χ0n) is 15.7. The maximum atomic E-state index is 13.2. The van der Waals surface area contributed by atoms with Gasteiger partial charge in [0.1, 0.15) is 0 Å². The first-order valence-corrected chi connectivity index (χ1v) is 8.98. The van der Waals surface area contributed by atoms with Crippen molar-refractivity contribution in [2.75, 3.05) is 36.9 Å². The predicted molar refractivity (Wildman–Crippen MR) is 95.9 cm³/mol. The molecule has 0 saturated carbocycles. The summed E-state index contributed by atoms with van der Waals surface area (Å²) < 4.78 is 45.4. The van der Waals surface area contributed by atoms with Gasteiger partial charge in [-0.2, -0.15) is 13.2 Å². The molecule has 2 unspecified atom stereocenters. The lowest BCUT2D eigenvalue weighted by Gasteiger charge is -2.36. The number of hydrogen-bond donors (Lipinski definition) is 3. The minimum Gasteiger partial charge on any atom is -0.381 e. The summed E-state index contributed by atoms with van der Waals surface area (Å²) in [5, 5.41) is 9.21. The van der Waals surface area contributed by atoms with Gasteiger partial charge in [-0.25, -0.2) is 4.98 Å². The van der Waals surface area contributed by atoms with Crippen LogP contribution in [0.3, 0.4) is 0 Å². The Balaban J connectivity index is 2.08. The molecular formula is C18H25F3N4O2. The molecule has 27 heavy (non-hydrogen) atoms. The van der Waals surface area contributed by atoms with Gasteiger partial charge in [0.05, 0.1) is 23.9 Å². The topological polar surface area (TPSA) is 75.3 Å². The van der Waals surface area contributed by atoms with Crippen LogP contribution in [0.5, 0.6) is 0 Å². The third-order valence-corrected chi connectivity index (χ3v) is 4.70. The second kappa shape index (κ2) is 6.94. The molecule has 6 nitrogen and oxygen atoms in total. The summed E-state index contributed by atoms with van der Waals surface area (Å²) in [6.07, 6.45) is -3.79. The highest BCUT2D eigenvalue weighted by Gasteiger charge is 2.43. The number of aromatic nitrogens is 1. The normalized spacial score (nSPS) is 26.1. The first-order chi connectivity index (χ1) is 12.5. The third-order valence-electron chi connectivity index (χ3n) is 4.70. The number of ether oxygens (including phenoxy) is 1. The summed E-state index contributed by atoms with van der Waals surface area (Å²) in [4.78, 5) is 16.4. The number of nitrogens with one attached hydrogen (secondary N) is 3. The number of morpholine rings is 1. The number of halogens is 3. The summed E-state index contributed by atoms with van der Waals surface area (Å²) in [7, 11) is 0. The fourth-order valence-electron chi connectivity index (χ4n) is 3.34. The minimum absolute atomic E-state index is 0.164. The Bertz CT molecular complexity index is 710. The van der Waals surface area contributed by atoms with Gasteiger partial charge in [-0.15, -0.1) is 0 Å². The zero-order chi connectivity index (χ0) is 19.9. The van der Waals surface area contributed by atoms with Gasteiger partial charge in [-0.05, 0) is 38.8 Å². The molecule has 9 heteroatoms. The van der Waals surface area contributed by atoms with Crippen molar-refractivity contribution in [1.29, 1.82) is 0 Å². The number of anilines is 2. The highest BCUT2D eigenvalue weighted by Crippen LogP contribution is 2.40. The maximum absolute atomic E-state index is 13.2. The molecule has 0 radical (unpaired) electrons. The smallest absolute Gasteiger partial charge is 0.381 e. The highest BCUT2D eigenvalue weighted by molar-refractivity contribution is 5.74. The fraction of sp³-hybridized carbons (Fsp3) is 0.667. The van der Waals surface area contributed by atoms with Gasteiger partial charge in [-0.3, -0.25) is 4.79 Å². The lowest BCUT2D eigenvalue weighted by atomic mass is 9.90. The first kappa shape index (κ1) is 19.9. The zero-order valence-corrected chi connectivity index (χ0v) is 15.7.